The topological polar surface area (TPSA) is 69.7 Å². The average molecular weight is 331 g/mol. The number of rotatable bonds is 6. The van der Waals surface area contributed by atoms with Gasteiger partial charge < -0.3 is 15.1 Å². The third-order valence-electron chi connectivity index (χ3n) is 4.65. The van der Waals surface area contributed by atoms with Gasteiger partial charge in [-0.2, -0.15) is 0 Å². The molecule has 24 heavy (non-hydrogen) atoms. The fourth-order valence-corrected chi connectivity index (χ4v) is 2.86. The van der Waals surface area contributed by atoms with Crippen molar-refractivity contribution in [3.8, 4) is 0 Å². The highest BCUT2D eigenvalue weighted by atomic mass is 16.2. The number of benzene rings is 1. The van der Waals surface area contributed by atoms with E-state index in [1.807, 2.05) is 51.1 Å². The van der Waals surface area contributed by atoms with Crippen molar-refractivity contribution in [2.75, 3.05) is 26.2 Å². The van der Waals surface area contributed by atoms with Crippen LogP contribution < -0.4 is 5.32 Å². The molecule has 1 heterocycles. The second-order valence-corrected chi connectivity index (χ2v) is 6.21. The first-order valence-corrected chi connectivity index (χ1v) is 8.36. The van der Waals surface area contributed by atoms with Crippen LogP contribution in [0.5, 0.6) is 0 Å². The third-order valence-corrected chi connectivity index (χ3v) is 4.65. The Kier molecular flexibility index (Phi) is 5.59. The van der Waals surface area contributed by atoms with E-state index in [2.05, 4.69) is 5.32 Å². The number of nitrogens with zero attached hydrogens (tertiary/aromatic N) is 2. The standard InChI is InChI=1S/C18H25N3O3/c1-4-18(3,14-9-7-6-8-10-14)19-15(22)13-21-12-11-20(5-2)16(23)17(21)24/h6-10H,4-5,11-13H2,1-3H3,(H,19,22)/t18-/m1/s1. The van der Waals surface area contributed by atoms with E-state index in [1.165, 1.54) is 9.80 Å². The van der Waals surface area contributed by atoms with Gasteiger partial charge in [-0.1, -0.05) is 37.3 Å². The largest absolute Gasteiger partial charge is 0.345 e. The maximum Gasteiger partial charge on any atom is 0.312 e. The maximum atomic E-state index is 12.4. The first-order valence-electron chi connectivity index (χ1n) is 8.36. The summed E-state index contributed by atoms with van der Waals surface area (Å²) in [5.41, 5.74) is 0.510. The number of amides is 3. The van der Waals surface area contributed by atoms with Crippen molar-refractivity contribution in [2.24, 2.45) is 0 Å². The minimum atomic E-state index is -0.601. The van der Waals surface area contributed by atoms with Gasteiger partial charge in [0.2, 0.25) is 5.91 Å². The fraction of sp³-hybridized carbons (Fsp3) is 0.500. The SMILES string of the molecule is CCN1CCN(CC(=O)N[C@](C)(CC)c2ccccc2)C(=O)C1=O. The lowest BCUT2D eigenvalue weighted by molar-refractivity contribution is -0.156. The first kappa shape index (κ1) is 18.0. The van der Waals surface area contributed by atoms with Gasteiger partial charge in [0.1, 0.15) is 6.54 Å². The summed E-state index contributed by atoms with van der Waals surface area (Å²) >= 11 is 0. The molecule has 1 saturated heterocycles. The Bertz CT molecular complexity index is 617. The number of hydrogen-bond acceptors (Lipinski definition) is 3. The van der Waals surface area contributed by atoms with Crippen LogP contribution in [-0.4, -0.2) is 53.7 Å². The van der Waals surface area contributed by atoms with E-state index in [9.17, 15) is 14.4 Å². The monoisotopic (exact) mass is 331 g/mol. The molecule has 130 valence electrons. The van der Waals surface area contributed by atoms with Gasteiger partial charge in [0, 0.05) is 19.6 Å². The van der Waals surface area contributed by atoms with Crippen LogP contribution in [0.3, 0.4) is 0 Å². The van der Waals surface area contributed by atoms with Crippen LogP contribution in [0.4, 0.5) is 0 Å². The second kappa shape index (κ2) is 7.47. The highest BCUT2D eigenvalue weighted by Crippen LogP contribution is 2.24. The van der Waals surface area contributed by atoms with E-state index in [4.69, 9.17) is 0 Å². The zero-order valence-corrected chi connectivity index (χ0v) is 14.5. The van der Waals surface area contributed by atoms with Crippen molar-refractivity contribution < 1.29 is 14.4 Å². The Morgan fingerprint density at radius 2 is 1.67 bits per heavy atom. The summed E-state index contributed by atoms with van der Waals surface area (Å²) in [6, 6.07) is 9.74. The van der Waals surface area contributed by atoms with Gasteiger partial charge in [0.15, 0.2) is 0 Å². The van der Waals surface area contributed by atoms with Crippen molar-refractivity contribution in [1.29, 1.82) is 0 Å². The van der Waals surface area contributed by atoms with E-state index in [0.29, 0.717) is 19.6 Å². The molecular weight excluding hydrogens is 306 g/mol. The number of carbonyl (C=O) groups excluding carboxylic acids is 3. The minimum absolute atomic E-state index is 0.0927. The third kappa shape index (κ3) is 3.75. The normalized spacial score (nSPS) is 17.6. The smallest absolute Gasteiger partial charge is 0.312 e. The summed E-state index contributed by atoms with van der Waals surface area (Å²) < 4.78 is 0. The first-order chi connectivity index (χ1) is 11.4. The zero-order valence-electron chi connectivity index (χ0n) is 14.5. The van der Waals surface area contributed by atoms with Gasteiger partial charge in [-0.05, 0) is 25.8 Å². The summed E-state index contributed by atoms with van der Waals surface area (Å²) in [5.74, 6) is -1.39. The molecule has 0 aliphatic carbocycles. The molecule has 1 aromatic rings. The van der Waals surface area contributed by atoms with Crippen molar-refractivity contribution in [2.45, 2.75) is 32.7 Å². The van der Waals surface area contributed by atoms with Gasteiger partial charge in [-0.15, -0.1) is 0 Å². The molecule has 1 atom stereocenters. The average Bonchev–Trinajstić information content (AvgIpc) is 2.60. The van der Waals surface area contributed by atoms with Crippen molar-refractivity contribution in [1.82, 2.24) is 15.1 Å². The van der Waals surface area contributed by atoms with Crippen molar-refractivity contribution in [3.63, 3.8) is 0 Å². The van der Waals surface area contributed by atoms with Crippen LogP contribution in [0.15, 0.2) is 30.3 Å². The maximum absolute atomic E-state index is 12.4. The molecule has 1 aliphatic rings. The van der Waals surface area contributed by atoms with E-state index < -0.39 is 17.4 Å². The molecule has 1 fully saturated rings. The summed E-state index contributed by atoms with van der Waals surface area (Å²) in [5, 5.41) is 3.01. The minimum Gasteiger partial charge on any atom is -0.345 e. The number of carbonyl (C=O) groups is 3. The summed E-state index contributed by atoms with van der Waals surface area (Å²) in [6.45, 7) is 7.07. The fourth-order valence-electron chi connectivity index (χ4n) is 2.86. The molecule has 1 N–H and O–H groups in total. The second-order valence-electron chi connectivity index (χ2n) is 6.21. The molecular formula is C18H25N3O3. The molecule has 3 amide bonds. The van der Waals surface area contributed by atoms with Crippen LogP contribution in [0.25, 0.3) is 0 Å². The van der Waals surface area contributed by atoms with Gasteiger partial charge in [0.25, 0.3) is 0 Å². The lowest BCUT2D eigenvalue weighted by Crippen LogP contribution is -2.57. The van der Waals surface area contributed by atoms with Crippen molar-refractivity contribution >= 4 is 17.7 Å². The molecule has 0 unspecified atom stereocenters. The predicted octanol–water partition coefficient (Wildman–Crippen LogP) is 1.12. The highest BCUT2D eigenvalue weighted by molar-refractivity contribution is 6.35. The Labute approximate surface area is 142 Å². The van der Waals surface area contributed by atoms with Crippen LogP contribution in [0.1, 0.15) is 32.8 Å². The number of piperazine rings is 1. The van der Waals surface area contributed by atoms with Crippen molar-refractivity contribution in [3.05, 3.63) is 35.9 Å². The van der Waals surface area contributed by atoms with Crippen LogP contribution in [0, 0.1) is 0 Å². The Balaban J connectivity index is 2.02. The van der Waals surface area contributed by atoms with E-state index in [1.54, 1.807) is 0 Å². The molecule has 0 aromatic heterocycles. The quantitative estimate of drug-likeness (QED) is 0.794. The number of hydrogen-bond donors (Lipinski definition) is 1. The van der Waals surface area contributed by atoms with Gasteiger partial charge >= 0.3 is 11.8 Å². The number of likely N-dealkylation sites (N-methyl/N-ethyl adjacent to an activating group) is 1. The lowest BCUT2D eigenvalue weighted by atomic mass is 9.89. The molecule has 0 bridgehead atoms. The summed E-state index contributed by atoms with van der Waals surface area (Å²) in [4.78, 5) is 39.3. The molecule has 6 heteroatoms. The predicted molar refractivity (Wildman–Crippen MR) is 91.1 cm³/mol. The van der Waals surface area contributed by atoms with E-state index in [0.717, 1.165) is 12.0 Å². The van der Waals surface area contributed by atoms with Gasteiger partial charge in [0.05, 0.1) is 5.54 Å². The van der Waals surface area contributed by atoms with Crippen LogP contribution >= 0.6 is 0 Å². The molecule has 0 radical (unpaired) electrons. The molecule has 0 saturated carbocycles. The molecule has 2 rings (SSSR count). The molecule has 1 aliphatic heterocycles. The van der Waals surface area contributed by atoms with Crippen LogP contribution in [0.2, 0.25) is 0 Å². The van der Waals surface area contributed by atoms with E-state index in [-0.39, 0.29) is 12.5 Å². The lowest BCUT2D eigenvalue weighted by Gasteiger charge is -2.35. The Hall–Kier alpha value is -2.37. The van der Waals surface area contributed by atoms with Gasteiger partial charge in [-0.3, -0.25) is 14.4 Å². The van der Waals surface area contributed by atoms with E-state index >= 15 is 0 Å². The summed E-state index contributed by atoms with van der Waals surface area (Å²) in [7, 11) is 0. The molecule has 0 spiro atoms. The Morgan fingerprint density at radius 3 is 2.25 bits per heavy atom. The van der Waals surface area contributed by atoms with Gasteiger partial charge in [-0.25, -0.2) is 0 Å². The number of nitrogens with one attached hydrogen (secondary N) is 1. The van der Waals surface area contributed by atoms with Crippen LogP contribution in [-0.2, 0) is 19.9 Å². The Morgan fingerprint density at radius 1 is 1.08 bits per heavy atom. The molecule has 1 aromatic carbocycles. The summed E-state index contributed by atoms with van der Waals surface area (Å²) in [6.07, 6.45) is 0.721. The zero-order chi connectivity index (χ0) is 17.7. The highest BCUT2D eigenvalue weighted by Gasteiger charge is 2.34. The molecule has 6 nitrogen and oxygen atoms in total.